The lowest BCUT2D eigenvalue weighted by Crippen LogP contribution is -2.46. The van der Waals surface area contributed by atoms with Gasteiger partial charge < -0.3 is 10.1 Å². The summed E-state index contributed by atoms with van der Waals surface area (Å²) in [5.74, 6) is 0.246. The Morgan fingerprint density at radius 1 is 0.966 bits per heavy atom. The van der Waals surface area contributed by atoms with Gasteiger partial charge in [-0.2, -0.15) is 0 Å². The zero-order valence-corrected chi connectivity index (χ0v) is 17.7. The molecular formula is C22H26N2O4S. The highest BCUT2D eigenvalue weighted by molar-refractivity contribution is 7.99. The lowest BCUT2D eigenvalue weighted by atomic mass is 10.1. The summed E-state index contributed by atoms with van der Waals surface area (Å²) in [4.78, 5) is 13.1. The Labute approximate surface area is 172 Å². The van der Waals surface area contributed by atoms with Gasteiger partial charge in [0, 0.05) is 6.54 Å². The molecule has 1 amide bonds. The molecule has 0 spiro atoms. The third-order valence-corrected chi connectivity index (χ3v) is 6.55. The summed E-state index contributed by atoms with van der Waals surface area (Å²) in [6.07, 6.45) is 0.614. The Morgan fingerprint density at radius 3 is 2.14 bits per heavy atom. The van der Waals surface area contributed by atoms with Crippen molar-refractivity contribution in [3.63, 3.8) is 0 Å². The van der Waals surface area contributed by atoms with Crippen LogP contribution in [-0.2, 0) is 14.8 Å². The van der Waals surface area contributed by atoms with Gasteiger partial charge in [0.2, 0.25) is 0 Å². The van der Waals surface area contributed by atoms with E-state index in [2.05, 4.69) is 5.32 Å². The number of hydrogen-bond donors (Lipinski definition) is 1. The maximum atomic E-state index is 13.2. The second-order valence-electron chi connectivity index (χ2n) is 7.76. The van der Waals surface area contributed by atoms with E-state index in [0.717, 1.165) is 10.1 Å². The number of ether oxygens (including phenoxy) is 1. The van der Waals surface area contributed by atoms with Gasteiger partial charge in [0.15, 0.2) is 0 Å². The minimum absolute atomic E-state index is 0.0296. The van der Waals surface area contributed by atoms with Crippen LogP contribution in [0.5, 0.6) is 5.75 Å². The van der Waals surface area contributed by atoms with E-state index < -0.39 is 21.5 Å². The molecule has 1 aliphatic rings. The van der Waals surface area contributed by atoms with Crippen LogP contribution in [0.2, 0.25) is 0 Å². The topological polar surface area (TPSA) is 75.7 Å². The van der Waals surface area contributed by atoms with Crippen LogP contribution >= 0.6 is 0 Å². The fourth-order valence-corrected chi connectivity index (χ4v) is 5.29. The van der Waals surface area contributed by atoms with Crippen LogP contribution in [-0.4, -0.2) is 37.3 Å². The molecule has 3 rings (SSSR count). The number of nitrogens with zero attached hydrogens (tertiary/aromatic N) is 1. The molecule has 0 bridgehead atoms. The van der Waals surface area contributed by atoms with Crippen molar-refractivity contribution < 1.29 is 17.9 Å². The van der Waals surface area contributed by atoms with Crippen molar-refractivity contribution in [1.82, 2.24) is 9.62 Å². The second kappa shape index (κ2) is 8.29. The van der Waals surface area contributed by atoms with E-state index in [-0.39, 0.29) is 10.6 Å². The Balaban J connectivity index is 1.79. The number of carbonyl (C=O) groups excluding carboxylic acids is 1. The normalized spacial score (nSPS) is 16.2. The molecule has 6 nitrogen and oxygen atoms in total. The zero-order valence-electron chi connectivity index (χ0n) is 16.9. The number of hydrogen-bond acceptors (Lipinski definition) is 5. The Hall–Kier alpha value is -2.80. The Kier molecular flexibility index (Phi) is 5.98. The third kappa shape index (κ3) is 4.45. The monoisotopic (exact) mass is 414 g/mol. The maximum Gasteiger partial charge on any atom is 0.285 e. The van der Waals surface area contributed by atoms with E-state index in [1.807, 2.05) is 36.4 Å². The highest BCUT2D eigenvalue weighted by atomic mass is 32.2. The van der Waals surface area contributed by atoms with Gasteiger partial charge in [-0.1, -0.05) is 48.5 Å². The fraction of sp³-hybridized carbons (Fsp3) is 0.318. The van der Waals surface area contributed by atoms with Crippen LogP contribution in [0.1, 0.15) is 32.8 Å². The zero-order chi connectivity index (χ0) is 21.1. The molecule has 0 atom stereocenters. The van der Waals surface area contributed by atoms with Gasteiger partial charge in [-0.3, -0.25) is 4.79 Å². The molecule has 0 saturated carbocycles. The predicted molar refractivity (Wildman–Crippen MR) is 113 cm³/mol. The van der Waals surface area contributed by atoms with Crippen LogP contribution in [0.3, 0.4) is 0 Å². The van der Waals surface area contributed by atoms with Crippen molar-refractivity contribution in [1.29, 1.82) is 0 Å². The second-order valence-corrected chi connectivity index (χ2v) is 9.48. The van der Waals surface area contributed by atoms with Crippen molar-refractivity contribution in [2.75, 3.05) is 13.2 Å². The molecule has 0 aliphatic carbocycles. The van der Waals surface area contributed by atoms with Gasteiger partial charge >= 0.3 is 0 Å². The minimum Gasteiger partial charge on any atom is -0.494 e. The predicted octanol–water partition coefficient (Wildman–Crippen LogP) is 3.38. The largest absolute Gasteiger partial charge is 0.494 e. The Morgan fingerprint density at radius 2 is 1.55 bits per heavy atom. The minimum atomic E-state index is -3.95. The molecule has 154 valence electrons. The van der Waals surface area contributed by atoms with Gasteiger partial charge in [0.05, 0.1) is 12.1 Å². The van der Waals surface area contributed by atoms with Crippen molar-refractivity contribution in [3.8, 4) is 5.75 Å². The summed E-state index contributed by atoms with van der Waals surface area (Å²) in [6.45, 7) is 6.00. The number of nitrogens with one attached hydrogen (secondary N) is 1. The van der Waals surface area contributed by atoms with E-state index in [1.165, 1.54) is 0 Å². The van der Waals surface area contributed by atoms with Crippen molar-refractivity contribution in [2.45, 2.75) is 32.7 Å². The lowest BCUT2D eigenvalue weighted by molar-refractivity contribution is -0.125. The quantitative estimate of drug-likeness (QED) is 0.703. The van der Waals surface area contributed by atoms with E-state index in [0.29, 0.717) is 25.1 Å². The summed E-state index contributed by atoms with van der Waals surface area (Å²) in [7, 11) is -3.95. The van der Waals surface area contributed by atoms with Crippen LogP contribution in [0.25, 0.3) is 4.91 Å². The highest BCUT2D eigenvalue weighted by Crippen LogP contribution is 2.38. The summed E-state index contributed by atoms with van der Waals surface area (Å²) in [6, 6.07) is 18.2. The molecule has 7 heteroatoms. The van der Waals surface area contributed by atoms with Crippen LogP contribution < -0.4 is 10.1 Å². The third-order valence-electron chi connectivity index (χ3n) is 4.40. The highest BCUT2D eigenvalue weighted by Gasteiger charge is 2.49. The van der Waals surface area contributed by atoms with Gasteiger partial charge in [0.1, 0.15) is 16.4 Å². The average molecular weight is 415 g/mol. The van der Waals surface area contributed by atoms with Crippen LogP contribution in [0, 0.1) is 0 Å². The number of benzene rings is 2. The summed E-state index contributed by atoms with van der Waals surface area (Å²) in [5, 5.41) is 3.05. The maximum absolute atomic E-state index is 13.2. The molecule has 2 aromatic carbocycles. The fourth-order valence-electron chi connectivity index (χ4n) is 3.22. The van der Waals surface area contributed by atoms with Gasteiger partial charge in [0.25, 0.3) is 15.9 Å². The van der Waals surface area contributed by atoms with E-state index in [9.17, 15) is 13.2 Å². The first-order valence-electron chi connectivity index (χ1n) is 9.54. The molecule has 1 heterocycles. The van der Waals surface area contributed by atoms with Crippen molar-refractivity contribution >= 4 is 20.8 Å². The van der Waals surface area contributed by atoms with Crippen LogP contribution in [0.4, 0.5) is 0 Å². The molecule has 0 fully saturated rings. The number of sulfonamides is 1. The number of amides is 1. The average Bonchev–Trinajstić information content (AvgIpc) is 2.87. The van der Waals surface area contributed by atoms with E-state index in [4.69, 9.17) is 4.74 Å². The van der Waals surface area contributed by atoms with Crippen molar-refractivity contribution in [2.24, 2.45) is 0 Å². The molecule has 2 aromatic rings. The first-order chi connectivity index (χ1) is 13.7. The first kappa shape index (κ1) is 20.9. The summed E-state index contributed by atoms with van der Waals surface area (Å²) >= 11 is 0. The molecule has 0 aromatic heterocycles. The van der Waals surface area contributed by atoms with E-state index in [1.54, 1.807) is 45.0 Å². The molecule has 29 heavy (non-hydrogen) atoms. The van der Waals surface area contributed by atoms with Crippen LogP contribution in [0.15, 0.2) is 66.4 Å². The lowest BCUT2D eigenvalue weighted by Gasteiger charge is -2.30. The summed E-state index contributed by atoms with van der Waals surface area (Å²) < 4.78 is 33.1. The van der Waals surface area contributed by atoms with Gasteiger partial charge in [-0.25, -0.2) is 12.7 Å². The molecule has 1 N–H and O–H groups in total. The molecule has 0 unspecified atom stereocenters. The number of rotatable bonds is 7. The van der Waals surface area contributed by atoms with Gasteiger partial charge in [-0.15, -0.1) is 0 Å². The SMILES string of the molecule is CC(C)(C)N1C(=O)C(NCCCOc2ccccc2)=C(c2ccccc2)S1(=O)=O. The standard InChI is InChI=1S/C22H26N2O4S/c1-22(2,3)24-21(25)19(20(29(24,26)27)17-11-6-4-7-12-17)23-15-10-16-28-18-13-8-5-9-14-18/h4-9,11-14,23H,10,15-16H2,1-3H3. The number of carbonyl (C=O) groups is 1. The Bertz CT molecular complexity index is 994. The molecular weight excluding hydrogens is 388 g/mol. The molecule has 0 radical (unpaired) electrons. The summed E-state index contributed by atoms with van der Waals surface area (Å²) in [5.41, 5.74) is -0.253. The molecule has 0 saturated heterocycles. The number of para-hydroxylation sites is 1. The first-order valence-corrected chi connectivity index (χ1v) is 11.0. The van der Waals surface area contributed by atoms with Crippen molar-refractivity contribution in [3.05, 3.63) is 71.9 Å². The van der Waals surface area contributed by atoms with Gasteiger partial charge in [-0.05, 0) is 44.9 Å². The molecule has 1 aliphatic heterocycles. The van der Waals surface area contributed by atoms with E-state index >= 15 is 0 Å². The smallest absolute Gasteiger partial charge is 0.285 e.